The van der Waals surface area contributed by atoms with Gasteiger partial charge in [0.15, 0.2) is 0 Å². The summed E-state index contributed by atoms with van der Waals surface area (Å²) in [6.45, 7) is 0.503. The molecule has 1 amide bonds. The standard InChI is InChI=1S/C23H22ClFN4O3/c24-14-9-10-29(23(30)31)22-18-12-26-28-20(21(18)27-19(22)11-14)13-1-5-16(6-2-13)32-17-7-3-15(25)4-8-17/h3-4,7-9,11,13,16,27H,1-2,5-6,10,12H2,(H,30,31). The van der Waals surface area contributed by atoms with Crippen LogP contribution in [0.1, 0.15) is 31.2 Å². The second-order valence-electron chi connectivity index (χ2n) is 8.20. The minimum atomic E-state index is -1.04. The number of hydrogen-bond donors (Lipinski definition) is 2. The highest BCUT2D eigenvalue weighted by atomic mass is 35.5. The molecule has 1 aromatic heterocycles. The molecule has 7 nitrogen and oxygen atoms in total. The first-order valence-corrected chi connectivity index (χ1v) is 11.0. The molecule has 2 aromatic rings. The molecule has 32 heavy (non-hydrogen) atoms. The summed E-state index contributed by atoms with van der Waals surface area (Å²) in [6, 6.07) is 6.09. The molecular formula is C23H22ClFN4O3. The summed E-state index contributed by atoms with van der Waals surface area (Å²) in [4.78, 5) is 16.5. The Labute approximate surface area is 188 Å². The molecule has 1 aliphatic carbocycles. The van der Waals surface area contributed by atoms with Crippen molar-refractivity contribution in [3.63, 3.8) is 0 Å². The maximum Gasteiger partial charge on any atom is 0.412 e. The lowest BCUT2D eigenvalue weighted by molar-refractivity contribution is 0.142. The van der Waals surface area contributed by atoms with E-state index in [-0.39, 0.29) is 24.4 Å². The molecule has 1 fully saturated rings. The number of hydrogen-bond acceptors (Lipinski definition) is 4. The van der Waals surface area contributed by atoms with Crippen LogP contribution in [0, 0.1) is 11.7 Å². The van der Waals surface area contributed by atoms with Gasteiger partial charge in [0, 0.05) is 23.1 Å². The van der Waals surface area contributed by atoms with Crippen molar-refractivity contribution in [2.45, 2.75) is 38.3 Å². The maximum absolute atomic E-state index is 13.1. The van der Waals surface area contributed by atoms with Crippen LogP contribution in [0.15, 0.2) is 45.6 Å². The van der Waals surface area contributed by atoms with Gasteiger partial charge in [-0.2, -0.15) is 10.2 Å². The summed E-state index contributed by atoms with van der Waals surface area (Å²) in [5.41, 5.74) is 2.30. The fourth-order valence-electron chi connectivity index (χ4n) is 4.65. The van der Waals surface area contributed by atoms with Gasteiger partial charge in [-0.15, -0.1) is 0 Å². The number of aromatic nitrogens is 1. The van der Waals surface area contributed by atoms with Gasteiger partial charge < -0.3 is 14.8 Å². The molecule has 5 rings (SSSR count). The zero-order valence-electron chi connectivity index (χ0n) is 17.2. The van der Waals surface area contributed by atoms with Crippen molar-refractivity contribution < 1.29 is 19.0 Å². The van der Waals surface area contributed by atoms with Gasteiger partial charge >= 0.3 is 6.09 Å². The van der Waals surface area contributed by atoms with Crippen LogP contribution in [-0.4, -0.2) is 28.8 Å². The SMILES string of the molecule is O=C(O)N1CC=C(Cl)C=c2[nH]c3c(c21)CN=NC=3C1CCC(Oc2ccc(F)cc2)CC1. The number of aromatic amines is 1. The topological polar surface area (TPSA) is 90.3 Å². The number of carbonyl (C=O) groups is 1. The Morgan fingerprint density at radius 1 is 1.22 bits per heavy atom. The molecule has 1 saturated carbocycles. The molecule has 3 heterocycles. The maximum atomic E-state index is 13.1. The molecule has 166 valence electrons. The quantitative estimate of drug-likeness (QED) is 0.722. The summed E-state index contributed by atoms with van der Waals surface area (Å²) >= 11 is 6.24. The van der Waals surface area contributed by atoms with E-state index in [4.69, 9.17) is 16.3 Å². The number of nitrogens with zero attached hydrogens (tertiary/aromatic N) is 3. The van der Waals surface area contributed by atoms with Gasteiger partial charge in [0.2, 0.25) is 0 Å². The summed E-state index contributed by atoms with van der Waals surface area (Å²) in [7, 11) is 0. The second kappa shape index (κ2) is 8.43. The third-order valence-electron chi connectivity index (χ3n) is 6.20. The van der Waals surface area contributed by atoms with Crippen molar-refractivity contribution in [1.82, 2.24) is 4.98 Å². The number of nitrogens with one attached hydrogen (secondary N) is 1. The number of carboxylic acid groups (broad SMARTS) is 1. The highest BCUT2D eigenvalue weighted by molar-refractivity contribution is 6.34. The summed E-state index contributed by atoms with van der Waals surface area (Å²) in [5, 5.41) is 20.5. The van der Waals surface area contributed by atoms with Crippen LogP contribution >= 0.6 is 11.6 Å². The third-order valence-corrected chi connectivity index (χ3v) is 6.46. The predicted molar refractivity (Wildman–Crippen MR) is 119 cm³/mol. The molecule has 0 unspecified atom stereocenters. The highest BCUT2D eigenvalue weighted by Crippen LogP contribution is 2.34. The number of H-pyrrole nitrogens is 1. The first-order valence-electron chi connectivity index (χ1n) is 10.6. The molecular weight excluding hydrogens is 435 g/mol. The molecule has 1 aromatic carbocycles. The van der Waals surface area contributed by atoms with E-state index in [2.05, 4.69) is 15.2 Å². The lowest BCUT2D eigenvalue weighted by Gasteiger charge is -2.29. The van der Waals surface area contributed by atoms with Crippen molar-refractivity contribution in [2.75, 3.05) is 11.4 Å². The Hall–Kier alpha value is -3.13. The lowest BCUT2D eigenvalue weighted by Crippen LogP contribution is -2.33. The molecule has 0 spiro atoms. The first-order chi connectivity index (χ1) is 15.5. The number of benzene rings is 1. The Morgan fingerprint density at radius 3 is 2.69 bits per heavy atom. The van der Waals surface area contributed by atoms with Crippen molar-refractivity contribution in [1.29, 1.82) is 0 Å². The summed E-state index contributed by atoms with van der Waals surface area (Å²) in [6.07, 6.45) is 5.89. The number of amides is 1. The Morgan fingerprint density at radius 2 is 1.97 bits per heavy atom. The average Bonchev–Trinajstić information content (AvgIpc) is 3.04. The van der Waals surface area contributed by atoms with E-state index in [1.807, 2.05) is 0 Å². The largest absolute Gasteiger partial charge is 0.490 e. The Bertz CT molecular complexity index is 1230. The number of halogens is 2. The highest BCUT2D eigenvalue weighted by Gasteiger charge is 2.30. The van der Waals surface area contributed by atoms with Gasteiger partial charge in [-0.3, -0.25) is 4.90 Å². The smallest absolute Gasteiger partial charge is 0.412 e. The van der Waals surface area contributed by atoms with Crippen molar-refractivity contribution in [2.24, 2.45) is 16.1 Å². The molecule has 2 aliphatic heterocycles. The number of allylic oxidation sites excluding steroid dienone is 1. The minimum absolute atomic E-state index is 0.0671. The predicted octanol–water partition coefficient (Wildman–Crippen LogP) is 4.27. The fourth-order valence-corrected chi connectivity index (χ4v) is 4.83. The van der Waals surface area contributed by atoms with Crippen molar-refractivity contribution in [3.8, 4) is 5.75 Å². The normalized spacial score (nSPS) is 22.4. The molecule has 0 radical (unpaired) electrons. The molecule has 0 bridgehead atoms. The second-order valence-corrected chi connectivity index (χ2v) is 8.63. The number of anilines is 1. The molecule has 0 saturated heterocycles. The minimum Gasteiger partial charge on any atom is -0.490 e. The molecule has 3 aliphatic rings. The number of ether oxygens (including phenoxy) is 1. The van der Waals surface area contributed by atoms with Crippen LogP contribution in [0.25, 0.3) is 11.8 Å². The third kappa shape index (κ3) is 3.90. The van der Waals surface area contributed by atoms with Gasteiger partial charge in [-0.25, -0.2) is 9.18 Å². The van der Waals surface area contributed by atoms with Crippen LogP contribution in [-0.2, 0) is 6.54 Å². The van der Waals surface area contributed by atoms with E-state index in [9.17, 15) is 14.3 Å². The van der Waals surface area contributed by atoms with Gasteiger partial charge in [0.05, 0.1) is 34.7 Å². The van der Waals surface area contributed by atoms with Crippen molar-refractivity contribution >= 4 is 35.2 Å². The monoisotopic (exact) mass is 456 g/mol. The zero-order chi connectivity index (χ0) is 22.2. The Kier molecular flexibility index (Phi) is 5.46. The van der Waals surface area contributed by atoms with Gasteiger partial charge in [0.25, 0.3) is 0 Å². The van der Waals surface area contributed by atoms with E-state index in [1.165, 1.54) is 17.0 Å². The number of azo groups is 1. The zero-order valence-corrected chi connectivity index (χ0v) is 18.0. The van der Waals surface area contributed by atoms with E-state index >= 15 is 0 Å². The molecule has 0 atom stereocenters. The van der Waals surface area contributed by atoms with Crippen LogP contribution in [0.3, 0.4) is 0 Å². The van der Waals surface area contributed by atoms with Gasteiger partial charge in [-0.05, 0) is 62.1 Å². The molecule has 9 heteroatoms. The van der Waals surface area contributed by atoms with E-state index < -0.39 is 6.09 Å². The number of fused-ring (bicyclic) bond motifs is 3. The van der Waals surface area contributed by atoms with Crippen LogP contribution in [0.5, 0.6) is 5.75 Å². The first kappa shape index (κ1) is 20.8. The Balaban J connectivity index is 1.42. The summed E-state index contributed by atoms with van der Waals surface area (Å²) < 4.78 is 19.1. The van der Waals surface area contributed by atoms with Gasteiger partial charge in [0.1, 0.15) is 11.6 Å². The van der Waals surface area contributed by atoms with E-state index in [0.717, 1.165) is 42.3 Å². The van der Waals surface area contributed by atoms with Crippen molar-refractivity contribution in [3.05, 3.63) is 57.5 Å². The van der Waals surface area contributed by atoms with Gasteiger partial charge in [-0.1, -0.05) is 11.6 Å². The number of rotatable bonds is 3. The van der Waals surface area contributed by atoms with Crippen LogP contribution in [0.4, 0.5) is 14.9 Å². The van der Waals surface area contributed by atoms with E-state index in [1.54, 1.807) is 24.3 Å². The molecule has 2 N–H and O–H groups in total. The lowest BCUT2D eigenvalue weighted by atomic mass is 9.84. The van der Waals surface area contributed by atoms with Crippen LogP contribution < -0.4 is 20.3 Å². The van der Waals surface area contributed by atoms with E-state index in [0.29, 0.717) is 28.4 Å². The average molecular weight is 457 g/mol. The summed E-state index contributed by atoms with van der Waals surface area (Å²) in [5.74, 6) is 0.581. The fraction of sp³-hybridized carbons (Fsp3) is 0.348. The van der Waals surface area contributed by atoms with Crippen LogP contribution in [0.2, 0.25) is 0 Å².